The van der Waals surface area contributed by atoms with E-state index in [0.717, 1.165) is 15.7 Å². The summed E-state index contributed by atoms with van der Waals surface area (Å²) >= 11 is 3.50. The fourth-order valence-electron chi connectivity index (χ4n) is 3.04. The van der Waals surface area contributed by atoms with Gasteiger partial charge in [-0.05, 0) is 58.2 Å². The molecule has 148 valence electrons. The molecule has 1 heterocycles. The van der Waals surface area contributed by atoms with Gasteiger partial charge in [0.05, 0.1) is 25.5 Å². The number of hydrogen-bond donors (Lipinski definition) is 1. The third-order valence-corrected chi connectivity index (χ3v) is 5.15. The Balaban J connectivity index is 1.76. The Morgan fingerprint density at radius 1 is 1.14 bits per heavy atom. The SMILES string of the molecule is COc1ccc(CCNC(=O)c2c(C#N)ccn2-c2ccccc2Br)cc1OC. The van der Waals surface area contributed by atoms with Gasteiger partial charge in [-0.2, -0.15) is 5.26 Å². The zero-order valence-corrected chi connectivity index (χ0v) is 17.7. The van der Waals surface area contributed by atoms with Crippen LogP contribution >= 0.6 is 15.9 Å². The summed E-state index contributed by atoms with van der Waals surface area (Å²) in [5, 5.41) is 12.3. The van der Waals surface area contributed by atoms with Gasteiger partial charge in [0.1, 0.15) is 11.8 Å². The average molecular weight is 454 g/mol. The number of nitrogens with zero attached hydrogens (tertiary/aromatic N) is 2. The molecule has 29 heavy (non-hydrogen) atoms. The van der Waals surface area contributed by atoms with Gasteiger partial charge in [-0.15, -0.1) is 0 Å². The zero-order chi connectivity index (χ0) is 20.8. The Morgan fingerprint density at radius 2 is 1.90 bits per heavy atom. The molecule has 2 aromatic carbocycles. The van der Waals surface area contributed by atoms with Crippen molar-refractivity contribution >= 4 is 21.8 Å². The second kappa shape index (κ2) is 9.30. The molecule has 1 aromatic heterocycles. The molecule has 0 aliphatic rings. The van der Waals surface area contributed by atoms with Crippen molar-refractivity contribution < 1.29 is 14.3 Å². The molecule has 3 rings (SSSR count). The number of carbonyl (C=O) groups is 1. The second-order valence-electron chi connectivity index (χ2n) is 6.21. The van der Waals surface area contributed by atoms with Crippen molar-refractivity contribution in [3.63, 3.8) is 0 Å². The largest absolute Gasteiger partial charge is 0.493 e. The molecule has 0 unspecified atom stereocenters. The maximum atomic E-state index is 12.9. The van der Waals surface area contributed by atoms with Gasteiger partial charge in [-0.25, -0.2) is 0 Å². The van der Waals surface area contributed by atoms with Crippen molar-refractivity contribution in [2.24, 2.45) is 0 Å². The molecule has 6 nitrogen and oxygen atoms in total. The number of halogens is 1. The molecule has 0 fully saturated rings. The number of carbonyl (C=O) groups excluding carboxylic acids is 1. The Hall–Kier alpha value is -3.24. The van der Waals surface area contributed by atoms with Crippen molar-refractivity contribution in [3.8, 4) is 23.3 Å². The maximum absolute atomic E-state index is 12.9. The van der Waals surface area contributed by atoms with Crippen molar-refractivity contribution in [2.75, 3.05) is 20.8 Å². The molecule has 3 aromatic rings. The average Bonchev–Trinajstić information content (AvgIpc) is 3.17. The molecular weight excluding hydrogens is 434 g/mol. The van der Waals surface area contributed by atoms with Gasteiger partial charge in [0.15, 0.2) is 11.5 Å². The molecule has 0 bridgehead atoms. The molecule has 0 radical (unpaired) electrons. The van der Waals surface area contributed by atoms with Gasteiger partial charge in [-0.3, -0.25) is 4.79 Å². The Morgan fingerprint density at radius 3 is 2.59 bits per heavy atom. The molecule has 1 N–H and O–H groups in total. The van der Waals surface area contributed by atoms with Gasteiger partial charge in [0, 0.05) is 17.2 Å². The highest BCUT2D eigenvalue weighted by Gasteiger charge is 2.19. The highest BCUT2D eigenvalue weighted by atomic mass is 79.9. The molecule has 0 spiro atoms. The Labute approximate surface area is 177 Å². The number of benzene rings is 2. The molecule has 0 atom stereocenters. The van der Waals surface area contributed by atoms with Crippen LogP contribution in [0.5, 0.6) is 11.5 Å². The van der Waals surface area contributed by atoms with Crippen LogP contribution in [0.4, 0.5) is 0 Å². The van der Waals surface area contributed by atoms with Crippen molar-refractivity contribution in [1.82, 2.24) is 9.88 Å². The summed E-state index contributed by atoms with van der Waals surface area (Å²) in [6.07, 6.45) is 2.34. The summed E-state index contributed by atoms with van der Waals surface area (Å²) in [4.78, 5) is 12.9. The molecule has 7 heteroatoms. The van der Waals surface area contributed by atoms with E-state index in [1.165, 1.54) is 0 Å². The molecule has 1 amide bonds. The predicted molar refractivity (Wildman–Crippen MR) is 114 cm³/mol. The topological polar surface area (TPSA) is 76.3 Å². The maximum Gasteiger partial charge on any atom is 0.269 e. The van der Waals surface area contributed by atoms with E-state index < -0.39 is 0 Å². The fraction of sp³-hybridized carbons (Fsp3) is 0.182. The van der Waals surface area contributed by atoms with Crippen LogP contribution in [0.2, 0.25) is 0 Å². The van der Waals surface area contributed by atoms with E-state index >= 15 is 0 Å². The lowest BCUT2D eigenvalue weighted by atomic mass is 10.1. The summed E-state index contributed by atoms with van der Waals surface area (Å²) in [7, 11) is 3.17. The normalized spacial score (nSPS) is 10.3. The molecule has 0 aliphatic carbocycles. The van der Waals surface area contributed by atoms with Crippen LogP contribution in [0, 0.1) is 11.3 Å². The van der Waals surface area contributed by atoms with E-state index in [2.05, 4.69) is 27.3 Å². The predicted octanol–water partition coefficient (Wildman–Crippen LogP) is 4.10. The van der Waals surface area contributed by atoms with Crippen LogP contribution in [0.15, 0.2) is 59.2 Å². The van der Waals surface area contributed by atoms with E-state index in [-0.39, 0.29) is 5.91 Å². The van der Waals surface area contributed by atoms with E-state index in [1.807, 2.05) is 42.5 Å². The molecule has 0 saturated heterocycles. The summed E-state index contributed by atoms with van der Waals surface area (Å²) in [6, 6.07) is 16.9. The van der Waals surface area contributed by atoms with E-state index in [0.29, 0.717) is 35.7 Å². The standard InChI is InChI=1S/C22H20BrN3O3/c1-28-19-8-7-15(13-20(19)29-2)9-11-25-22(27)21-16(14-24)10-12-26(21)18-6-4-3-5-17(18)23/h3-8,10,12-13H,9,11H2,1-2H3,(H,25,27). The number of nitriles is 1. The van der Waals surface area contributed by atoms with E-state index in [1.54, 1.807) is 31.0 Å². The van der Waals surface area contributed by atoms with Crippen LogP contribution in [-0.2, 0) is 6.42 Å². The summed E-state index contributed by atoms with van der Waals surface area (Å²) in [5.74, 6) is 0.999. The first kappa shape index (κ1) is 20.5. The monoisotopic (exact) mass is 453 g/mol. The quantitative estimate of drug-likeness (QED) is 0.583. The second-order valence-corrected chi connectivity index (χ2v) is 7.06. The number of aromatic nitrogens is 1. The first-order chi connectivity index (χ1) is 14.1. The van der Waals surface area contributed by atoms with Crippen LogP contribution in [0.1, 0.15) is 21.6 Å². The number of hydrogen-bond acceptors (Lipinski definition) is 4. The van der Waals surface area contributed by atoms with Crippen LogP contribution in [-0.4, -0.2) is 31.2 Å². The highest BCUT2D eigenvalue weighted by Crippen LogP contribution is 2.28. The summed E-state index contributed by atoms with van der Waals surface area (Å²) in [5.41, 5.74) is 2.43. The van der Waals surface area contributed by atoms with E-state index in [4.69, 9.17) is 9.47 Å². The molecule has 0 saturated carbocycles. The van der Waals surface area contributed by atoms with E-state index in [9.17, 15) is 10.1 Å². The number of para-hydroxylation sites is 1. The van der Waals surface area contributed by atoms with Crippen molar-refractivity contribution in [3.05, 3.63) is 76.0 Å². The van der Waals surface area contributed by atoms with Gasteiger partial charge >= 0.3 is 0 Å². The first-order valence-electron chi connectivity index (χ1n) is 8.94. The Kier molecular flexibility index (Phi) is 6.57. The lowest BCUT2D eigenvalue weighted by molar-refractivity contribution is 0.0947. The minimum Gasteiger partial charge on any atom is -0.493 e. The lowest BCUT2D eigenvalue weighted by Gasteiger charge is -2.13. The Bertz CT molecular complexity index is 1070. The van der Waals surface area contributed by atoms with Crippen molar-refractivity contribution in [1.29, 1.82) is 5.26 Å². The van der Waals surface area contributed by atoms with Gasteiger partial charge in [-0.1, -0.05) is 18.2 Å². The van der Waals surface area contributed by atoms with Crippen LogP contribution < -0.4 is 14.8 Å². The van der Waals surface area contributed by atoms with Gasteiger partial charge < -0.3 is 19.4 Å². The molecule has 0 aliphatic heterocycles. The number of amides is 1. The third kappa shape index (κ3) is 4.44. The zero-order valence-electron chi connectivity index (χ0n) is 16.1. The number of nitrogens with one attached hydrogen (secondary N) is 1. The summed E-state index contributed by atoms with van der Waals surface area (Å²) < 4.78 is 13.1. The number of methoxy groups -OCH3 is 2. The number of rotatable bonds is 7. The summed E-state index contributed by atoms with van der Waals surface area (Å²) in [6.45, 7) is 0.417. The minimum atomic E-state index is -0.303. The smallest absolute Gasteiger partial charge is 0.269 e. The molecular formula is C22H20BrN3O3. The van der Waals surface area contributed by atoms with Crippen LogP contribution in [0.3, 0.4) is 0 Å². The highest BCUT2D eigenvalue weighted by molar-refractivity contribution is 9.10. The first-order valence-corrected chi connectivity index (χ1v) is 9.73. The van der Waals surface area contributed by atoms with Gasteiger partial charge in [0.25, 0.3) is 5.91 Å². The van der Waals surface area contributed by atoms with Gasteiger partial charge in [0.2, 0.25) is 0 Å². The lowest BCUT2D eigenvalue weighted by Crippen LogP contribution is -2.28. The fourth-order valence-corrected chi connectivity index (χ4v) is 3.52. The third-order valence-electron chi connectivity index (χ3n) is 4.48. The van der Waals surface area contributed by atoms with Crippen molar-refractivity contribution in [2.45, 2.75) is 6.42 Å². The number of ether oxygens (including phenoxy) is 2. The minimum absolute atomic E-state index is 0.303. The van der Waals surface area contributed by atoms with Crippen LogP contribution in [0.25, 0.3) is 5.69 Å².